The third kappa shape index (κ3) is 2.01. The normalized spacial score (nSPS) is 10.1. The summed E-state index contributed by atoms with van der Waals surface area (Å²) < 4.78 is 13.3. The average Bonchev–Trinajstić information content (AvgIpc) is 2.76. The molecule has 0 unspecified atom stereocenters. The highest BCUT2D eigenvalue weighted by Crippen LogP contribution is 2.24. The predicted octanol–water partition coefficient (Wildman–Crippen LogP) is 1.85. The summed E-state index contributed by atoms with van der Waals surface area (Å²) in [7, 11) is 0. The molecule has 0 saturated heterocycles. The largest absolute Gasteiger partial charge is 0.317 e. The standard InChI is InChI=1S/C9H6ClFN4O/c10-5-2-1-3-6(11)8(5)13-9(16)7-4-12-15-14-7/h1-4H,(H,13,16)(H,12,14,15). The molecule has 1 amide bonds. The number of halogens is 2. The molecule has 5 nitrogen and oxygen atoms in total. The highest BCUT2D eigenvalue weighted by Gasteiger charge is 2.13. The number of carbonyl (C=O) groups is 1. The molecule has 1 aromatic heterocycles. The summed E-state index contributed by atoms with van der Waals surface area (Å²) in [5, 5.41) is 11.7. The molecular formula is C9H6ClFN4O. The van der Waals surface area contributed by atoms with Crippen molar-refractivity contribution < 1.29 is 9.18 Å². The second kappa shape index (κ2) is 4.28. The van der Waals surface area contributed by atoms with Crippen LogP contribution in [-0.4, -0.2) is 21.3 Å². The van der Waals surface area contributed by atoms with Crippen LogP contribution in [0.25, 0.3) is 0 Å². The van der Waals surface area contributed by atoms with E-state index < -0.39 is 11.7 Å². The number of nitrogens with one attached hydrogen (secondary N) is 2. The van der Waals surface area contributed by atoms with Gasteiger partial charge in [-0.3, -0.25) is 4.79 Å². The third-order valence-corrected chi connectivity index (χ3v) is 2.16. The van der Waals surface area contributed by atoms with Gasteiger partial charge in [0.05, 0.1) is 16.9 Å². The van der Waals surface area contributed by atoms with E-state index in [0.717, 1.165) is 0 Å². The first-order valence-corrected chi connectivity index (χ1v) is 4.67. The van der Waals surface area contributed by atoms with Gasteiger partial charge in [0.25, 0.3) is 5.91 Å². The summed E-state index contributed by atoms with van der Waals surface area (Å²) >= 11 is 5.74. The van der Waals surface area contributed by atoms with E-state index in [-0.39, 0.29) is 16.4 Å². The number of para-hydroxylation sites is 1. The fourth-order valence-electron chi connectivity index (χ4n) is 1.11. The number of hydrogen-bond acceptors (Lipinski definition) is 3. The van der Waals surface area contributed by atoms with Gasteiger partial charge in [0.2, 0.25) is 0 Å². The minimum Gasteiger partial charge on any atom is -0.317 e. The molecule has 0 bridgehead atoms. The number of hydrogen-bond donors (Lipinski definition) is 2. The number of aromatic amines is 1. The van der Waals surface area contributed by atoms with Crippen molar-refractivity contribution in [2.45, 2.75) is 0 Å². The predicted molar refractivity (Wildman–Crippen MR) is 55.7 cm³/mol. The Hall–Kier alpha value is -1.95. The zero-order valence-electron chi connectivity index (χ0n) is 7.87. The molecule has 7 heteroatoms. The van der Waals surface area contributed by atoms with Crippen LogP contribution in [0.2, 0.25) is 5.02 Å². The average molecular weight is 241 g/mol. The Balaban J connectivity index is 2.25. The smallest absolute Gasteiger partial charge is 0.277 e. The first-order chi connectivity index (χ1) is 7.68. The summed E-state index contributed by atoms with van der Waals surface area (Å²) in [4.78, 5) is 11.5. The molecule has 0 radical (unpaired) electrons. The maximum atomic E-state index is 13.3. The lowest BCUT2D eigenvalue weighted by molar-refractivity contribution is 0.102. The summed E-state index contributed by atoms with van der Waals surface area (Å²) in [5.41, 5.74) is -0.0171. The zero-order chi connectivity index (χ0) is 11.5. The van der Waals surface area contributed by atoms with E-state index in [1.54, 1.807) is 0 Å². The molecule has 16 heavy (non-hydrogen) atoms. The minimum absolute atomic E-state index is 0.0549. The molecule has 82 valence electrons. The SMILES string of the molecule is O=C(Nc1c(F)cccc1Cl)c1cn[nH]n1. The second-order valence-electron chi connectivity index (χ2n) is 2.91. The summed E-state index contributed by atoms with van der Waals surface area (Å²) in [6.07, 6.45) is 1.23. The Labute approximate surface area is 94.6 Å². The molecule has 1 aromatic carbocycles. The molecule has 0 fully saturated rings. The monoisotopic (exact) mass is 240 g/mol. The second-order valence-corrected chi connectivity index (χ2v) is 3.31. The molecule has 1 heterocycles. The molecule has 0 aliphatic carbocycles. The van der Waals surface area contributed by atoms with Crippen LogP contribution in [-0.2, 0) is 0 Å². The molecule has 2 rings (SSSR count). The van der Waals surface area contributed by atoms with Crippen LogP contribution in [0.5, 0.6) is 0 Å². The van der Waals surface area contributed by atoms with Crippen LogP contribution in [0.3, 0.4) is 0 Å². The Bertz CT molecular complexity index is 494. The van der Waals surface area contributed by atoms with Crippen molar-refractivity contribution in [1.82, 2.24) is 15.4 Å². The molecule has 2 N–H and O–H groups in total. The number of carbonyl (C=O) groups excluding carboxylic acids is 1. The number of H-pyrrole nitrogens is 1. The number of benzene rings is 1. The number of amides is 1. The van der Waals surface area contributed by atoms with Crippen molar-refractivity contribution >= 4 is 23.2 Å². The van der Waals surface area contributed by atoms with Crippen LogP contribution in [0, 0.1) is 5.82 Å². The molecule has 0 aliphatic rings. The van der Waals surface area contributed by atoms with Gasteiger partial charge in [-0.15, -0.1) is 0 Å². The lowest BCUT2D eigenvalue weighted by Crippen LogP contribution is -2.13. The lowest BCUT2D eigenvalue weighted by atomic mass is 10.3. The van der Waals surface area contributed by atoms with Crippen molar-refractivity contribution in [2.75, 3.05) is 5.32 Å². The van der Waals surface area contributed by atoms with E-state index in [1.165, 1.54) is 24.4 Å². The summed E-state index contributed by atoms with van der Waals surface area (Å²) in [6, 6.07) is 4.12. The van der Waals surface area contributed by atoms with Crippen molar-refractivity contribution in [1.29, 1.82) is 0 Å². The minimum atomic E-state index is -0.607. The zero-order valence-corrected chi connectivity index (χ0v) is 8.62. The summed E-state index contributed by atoms with van der Waals surface area (Å²) in [6.45, 7) is 0. The van der Waals surface area contributed by atoms with Crippen LogP contribution in [0.15, 0.2) is 24.4 Å². The first kappa shape index (κ1) is 10.6. The first-order valence-electron chi connectivity index (χ1n) is 4.29. The molecule has 0 aliphatic heterocycles. The molecule has 0 atom stereocenters. The van der Waals surface area contributed by atoms with Crippen molar-refractivity contribution in [3.8, 4) is 0 Å². The Morgan fingerprint density at radius 3 is 2.94 bits per heavy atom. The topological polar surface area (TPSA) is 70.7 Å². The van der Waals surface area contributed by atoms with Gasteiger partial charge in [-0.2, -0.15) is 15.4 Å². The van der Waals surface area contributed by atoms with Crippen LogP contribution in [0.4, 0.5) is 10.1 Å². The number of anilines is 1. The number of rotatable bonds is 2. The van der Waals surface area contributed by atoms with Crippen LogP contribution in [0.1, 0.15) is 10.5 Å². The van der Waals surface area contributed by atoms with Gasteiger partial charge in [0.15, 0.2) is 5.69 Å². The van der Waals surface area contributed by atoms with Crippen LogP contribution >= 0.6 is 11.6 Å². The van der Waals surface area contributed by atoms with Gasteiger partial charge in [0, 0.05) is 0 Å². The van der Waals surface area contributed by atoms with Crippen molar-refractivity contribution in [3.05, 3.63) is 40.9 Å². The highest BCUT2D eigenvalue weighted by molar-refractivity contribution is 6.33. The summed E-state index contributed by atoms with van der Waals surface area (Å²) in [5.74, 6) is -1.19. The lowest BCUT2D eigenvalue weighted by Gasteiger charge is -2.05. The highest BCUT2D eigenvalue weighted by atomic mass is 35.5. The number of aromatic nitrogens is 3. The van der Waals surface area contributed by atoms with Gasteiger partial charge < -0.3 is 5.32 Å². The molecule has 0 spiro atoms. The van der Waals surface area contributed by atoms with E-state index in [4.69, 9.17) is 11.6 Å². The van der Waals surface area contributed by atoms with E-state index in [9.17, 15) is 9.18 Å². The Morgan fingerprint density at radius 2 is 2.31 bits per heavy atom. The van der Waals surface area contributed by atoms with Gasteiger partial charge in [-0.05, 0) is 12.1 Å². The quantitative estimate of drug-likeness (QED) is 0.842. The van der Waals surface area contributed by atoms with Gasteiger partial charge in [-0.25, -0.2) is 4.39 Å². The van der Waals surface area contributed by atoms with E-state index in [2.05, 4.69) is 20.7 Å². The van der Waals surface area contributed by atoms with Gasteiger partial charge >= 0.3 is 0 Å². The molecule has 0 saturated carbocycles. The van der Waals surface area contributed by atoms with E-state index in [0.29, 0.717) is 0 Å². The van der Waals surface area contributed by atoms with Crippen molar-refractivity contribution in [2.24, 2.45) is 0 Å². The maximum absolute atomic E-state index is 13.3. The molecule has 2 aromatic rings. The Morgan fingerprint density at radius 1 is 1.50 bits per heavy atom. The third-order valence-electron chi connectivity index (χ3n) is 1.85. The van der Waals surface area contributed by atoms with E-state index >= 15 is 0 Å². The van der Waals surface area contributed by atoms with Crippen molar-refractivity contribution in [3.63, 3.8) is 0 Å². The maximum Gasteiger partial charge on any atom is 0.277 e. The fourth-order valence-corrected chi connectivity index (χ4v) is 1.32. The van der Waals surface area contributed by atoms with E-state index in [1.807, 2.05) is 0 Å². The van der Waals surface area contributed by atoms with Gasteiger partial charge in [0.1, 0.15) is 5.82 Å². The fraction of sp³-hybridized carbons (Fsp3) is 0. The Kier molecular flexibility index (Phi) is 2.82. The van der Waals surface area contributed by atoms with Crippen LogP contribution < -0.4 is 5.32 Å². The number of nitrogens with zero attached hydrogens (tertiary/aromatic N) is 2. The molecular weight excluding hydrogens is 235 g/mol. The van der Waals surface area contributed by atoms with Gasteiger partial charge in [-0.1, -0.05) is 17.7 Å².